The number of amides is 2. The Bertz CT molecular complexity index is 751. The standard InChI is InChI=1S/C22H30N2O4/c1-2-13-24-18-9-8-17(14-16(18)7-10-20(24)26)23-19(25)15-22(21(27)28)11-5-3-4-6-12-22/h8-9,14H,2-7,10-13,15H2,1H3,(H,23,25)(H,27,28). The number of anilines is 2. The number of aryl methyl sites for hydroxylation is 1. The third-order valence-corrected chi connectivity index (χ3v) is 6.02. The highest BCUT2D eigenvalue weighted by Crippen LogP contribution is 2.39. The first-order valence-corrected chi connectivity index (χ1v) is 10.4. The molecule has 6 heteroatoms. The van der Waals surface area contributed by atoms with Crippen LogP contribution in [0.3, 0.4) is 0 Å². The first kappa shape index (κ1) is 20.4. The van der Waals surface area contributed by atoms with E-state index in [2.05, 4.69) is 5.32 Å². The lowest BCUT2D eigenvalue weighted by molar-refractivity contribution is -0.152. The van der Waals surface area contributed by atoms with Crippen LogP contribution in [0.5, 0.6) is 0 Å². The number of hydrogen-bond donors (Lipinski definition) is 2. The van der Waals surface area contributed by atoms with Crippen molar-refractivity contribution in [3.05, 3.63) is 23.8 Å². The topological polar surface area (TPSA) is 86.7 Å². The van der Waals surface area contributed by atoms with Crippen LogP contribution in [0.1, 0.15) is 70.3 Å². The first-order valence-electron chi connectivity index (χ1n) is 10.4. The summed E-state index contributed by atoms with van der Waals surface area (Å²) in [5.74, 6) is -0.965. The molecule has 2 N–H and O–H groups in total. The number of aliphatic carboxylic acids is 1. The summed E-state index contributed by atoms with van der Waals surface area (Å²) in [6.45, 7) is 2.74. The lowest BCUT2D eigenvalue weighted by atomic mass is 9.77. The fraction of sp³-hybridized carbons (Fsp3) is 0.591. The summed E-state index contributed by atoms with van der Waals surface area (Å²) in [4.78, 5) is 38.5. The highest BCUT2D eigenvalue weighted by atomic mass is 16.4. The molecule has 1 fully saturated rings. The van der Waals surface area contributed by atoms with E-state index in [1.807, 2.05) is 24.0 Å². The molecule has 0 unspecified atom stereocenters. The zero-order chi connectivity index (χ0) is 20.1. The average molecular weight is 386 g/mol. The number of nitrogens with one attached hydrogen (secondary N) is 1. The quantitative estimate of drug-likeness (QED) is 0.720. The van der Waals surface area contributed by atoms with Crippen molar-refractivity contribution in [2.45, 2.75) is 71.1 Å². The van der Waals surface area contributed by atoms with E-state index in [-0.39, 0.29) is 18.2 Å². The summed E-state index contributed by atoms with van der Waals surface area (Å²) in [6.07, 6.45) is 6.97. The molecule has 1 aromatic rings. The van der Waals surface area contributed by atoms with E-state index in [9.17, 15) is 19.5 Å². The highest BCUT2D eigenvalue weighted by Gasteiger charge is 2.40. The molecule has 0 bridgehead atoms. The molecule has 1 aliphatic carbocycles. The number of carboxylic acids is 1. The van der Waals surface area contributed by atoms with Gasteiger partial charge < -0.3 is 15.3 Å². The maximum Gasteiger partial charge on any atom is 0.310 e. The molecular formula is C22H30N2O4. The Hall–Kier alpha value is -2.37. The Labute approximate surface area is 166 Å². The van der Waals surface area contributed by atoms with Crippen molar-refractivity contribution in [2.75, 3.05) is 16.8 Å². The highest BCUT2D eigenvalue weighted by molar-refractivity contribution is 5.98. The minimum absolute atomic E-state index is 0.0138. The van der Waals surface area contributed by atoms with Crippen molar-refractivity contribution >= 4 is 29.2 Å². The van der Waals surface area contributed by atoms with Crippen LogP contribution < -0.4 is 10.2 Å². The molecule has 0 saturated heterocycles. The summed E-state index contributed by atoms with van der Waals surface area (Å²) in [5.41, 5.74) is 1.69. The van der Waals surface area contributed by atoms with E-state index in [4.69, 9.17) is 0 Å². The monoisotopic (exact) mass is 386 g/mol. The van der Waals surface area contributed by atoms with Gasteiger partial charge in [-0.2, -0.15) is 0 Å². The molecule has 1 heterocycles. The van der Waals surface area contributed by atoms with Crippen molar-refractivity contribution in [3.63, 3.8) is 0 Å². The predicted octanol–water partition coefficient (Wildman–Crippen LogP) is 4.13. The number of fused-ring (bicyclic) bond motifs is 1. The molecule has 28 heavy (non-hydrogen) atoms. The Morgan fingerprint density at radius 2 is 1.86 bits per heavy atom. The lowest BCUT2D eigenvalue weighted by Crippen LogP contribution is -2.36. The zero-order valence-corrected chi connectivity index (χ0v) is 16.6. The Morgan fingerprint density at radius 1 is 1.14 bits per heavy atom. The van der Waals surface area contributed by atoms with Crippen LogP contribution in [0.2, 0.25) is 0 Å². The molecule has 152 valence electrons. The summed E-state index contributed by atoms with van der Waals surface area (Å²) in [5, 5.41) is 12.7. The number of hydrogen-bond acceptors (Lipinski definition) is 3. The summed E-state index contributed by atoms with van der Waals surface area (Å²) in [7, 11) is 0. The number of benzene rings is 1. The van der Waals surface area contributed by atoms with Crippen LogP contribution >= 0.6 is 0 Å². The van der Waals surface area contributed by atoms with Crippen LogP contribution in [0.4, 0.5) is 11.4 Å². The number of nitrogens with zero attached hydrogens (tertiary/aromatic N) is 1. The fourth-order valence-electron chi connectivity index (χ4n) is 4.49. The third kappa shape index (κ3) is 4.37. The van der Waals surface area contributed by atoms with Gasteiger partial charge in [-0.1, -0.05) is 32.6 Å². The number of carbonyl (C=O) groups excluding carboxylic acids is 2. The van der Waals surface area contributed by atoms with Gasteiger partial charge in [-0.15, -0.1) is 0 Å². The van der Waals surface area contributed by atoms with Gasteiger partial charge in [0.25, 0.3) is 0 Å². The van der Waals surface area contributed by atoms with Gasteiger partial charge in [-0.25, -0.2) is 0 Å². The Balaban J connectivity index is 1.72. The van der Waals surface area contributed by atoms with Crippen LogP contribution in [0, 0.1) is 5.41 Å². The third-order valence-electron chi connectivity index (χ3n) is 6.02. The van der Waals surface area contributed by atoms with Crippen LogP contribution in [0.15, 0.2) is 18.2 Å². The van der Waals surface area contributed by atoms with Gasteiger partial charge in [-0.3, -0.25) is 14.4 Å². The van der Waals surface area contributed by atoms with E-state index in [1.54, 1.807) is 6.07 Å². The van der Waals surface area contributed by atoms with Crippen LogP contribution in [-0.4, -0.2) is 29.4 Å². The van der Waals surface area contributed by atoms with Gasteiger partial charge in [0.15, 0.2) is 0 Å². The summed E-state index contributed by atoms with van der Waals surface area (Å²) in [6, 6.07) is 5.61. The molecule has 0 radical (unpaired) electrons. The van der Waals surface area contributed by atoms with Crippen molar-refractivity contribution < 1.29 is 19.5 Å². The summed E-state index contributed by atoms with van der Waals surface area (Å²) >= 11 is 0. The second-order valence-corrected chi connectivity index (χ2v) is 8.11. The second-order valence-electron chi connectivity index (χ2n) is 8.11. The smallest absolute Gasteiger partial charge is 0.310 e. The van der Waals surface area contributed by atoms with Gasteiger partial charge in [0.05, 0.1) is 5.41 Å². The molecule has 0 aromatic heterocycles. The molecule has 1 saturated carbocycles. The summed E-state index contributed by atoms with van der Waals surface area (Å²) < 4.78 is 0. The van der Waals surface area contributed by atoms with E-state index >= 15 is 0 Å². The normalized spacial score (nSPS) is 18.9. The van der Waals surface area contributed by atoms with Crippen molar-refractivity contribution in [2.24, 2.45) is 5.41 Å². The molecule has 3 rings (SSSR count). The minimum atomic E-state index is -0.945. The number of rotatable bonds is 6. The second kappa shape index (κ2) is 8.76. The van der Waals surface area contributed by atoms with Crippen LogP contribution in [0.25, 0.3) is 0 Å². The average Bonchev–Trinajstić information content (AvgIpc) is 2.90. The zero-order valence-electron chi connectivity index (χ0n) is 16.6. The Kier molecular flexibility index (Phi) is 6.37. The van der Waals surface area contributed by atoms with Gasteiger partial charge in [0, 0.05) is 30.8 Å². The first-order chi connectivity index (χ1) is 13.4. The molecule has 6 nitrogen and oxygen atoms in total. The number of carboxylic acid groups (broad SMARTS) is 1. The predicted molar refractivity (Wildman–Crippen MR) is 108 cm³/mol. The SMILES string of the molecule is CCCN1C(=O)CCc2cc(NC(=O)CC3(C(=O)O)CCCCCC3)ccc21. The molecule has 0 spiro atoms. The minimum Gasteiger partial charge on any atom is -0.481 e. The largest absolute Gasteiger partial charge is 0.481 e. The molecular weight excluding hydrogens is 356 g/mol. The van der Waals surface area contributed by atoms with E-state index in [0.717, 1.165) is 43.4 Å². The maximum atomic E-state index is 12.7. The molecule has 2 amide bonds. The van der Waals surface area contributed by atoms with Crippen molar-refractivity contribution in [1.29, 1.82) is 0 Å². The number of carbonyl (C=O) groups is 3. The van der Waals surface area contributed by atoms with E-state index < -0.39 is 11.4 Å². The molecule has 2 aliphatic rings. The fourth-order valence-corrected chi connectivity index (χ4v) is 4.49. The van der Waals surface area contributed by atoms with Crippen LogP contribution in [-0.2, 0) is 20.8 Å². The maximum absolute atomic E-state index is 12.7. The van der Waals surface area contributed by atoms with Crippen molar-refractivity contribution in [1.82, 2.24) is 0 Å². The van der Waals surface area contributed by atoms with Gasteiger partial charge in [0.1, 0.15) is 0 Å². The van der Waals surface area contributed by atoms with E-state index in [0.29, 0.717) is 37.9 Å². The van der Waals surface area contributed by atoms with Gasteiger partial charge in [0.2, 0.25) is 11.8 Å². The lowest BCUT2D eigenvalue weighted by Gasteiger charge is -2.30. The molecule has 1 aliphatic heterocycles. The Morgan fingerprint density at radius 3 is 2.50 bits per heavy atom. The van der Waals surface area contributed by atoms with Gasteiger partial charge in [-0.05, 0) is 49.4 Å². The molecule has 0 atom stereocenters. The van der Waals surface area contributed by atoms with Gasteiger partial charge >= 0.3 is 5.97 Å². The van der Waals surface area contributed by atoms with E-state index in [1.165, 1.54) is 0 Å². The molecule has 1 aromatic carbocycles. The van der Waals surface area contributed by atoms with Crippen molar-refractivity contribution in [3.8, 4) is 0 Å².